The first-order chi connectivity index (χ1) is 14.9. The van der Waals surface area contributed by atoms with Crippen LogP contribution in [0.25, 0.3) is 0 Å². The molecule has 1 saturated heterocycles. The van der Waals surface area contributed by atoms with Crippen LogP contribution in [0.3, 0.4) is 0 Å². The molecule has 3 heterocycles. The number of ether oxygens (including phenoxy) is 1. The Kier molecular flexibility index (Phi) is 7.78. The van der Waals surface area contributed by atoms with Crippen LogP contribution in [0, 0.1) is 13.8 Å². The highest BCUT2D eigenvalue weighted by Gasteiger charge is 2.29. The number of aryl methyl sites for hydroxylation is 2. The zero-order valence-corrected chi connectivity index (χ0v) is 18.7. The van der Waals surface area contributed by atoms with Gasteiger partial charge in [0.2, 0.25) is 11.8 Å². The van der Waals surface area contributed by atoms with Gasteiger partial charge in [0.25, 0.3) is 5.89 Å². The Morgan fingerprint density at radius 2 is 2.03 bits per heavy atom. The van der Waals surface area contributed by atoms with Crippen LogP contribution in [0.4, 0.5) is 0 Å². The standard InChI is InChI=1S/C21H31N5O5/c1-14-18(15(2)30-23-14)7-8-21(28)25-10-5-6-17(12-25)26(16(3)27)11-9-19-22-20(13-29-4)31-24-19/h17H,5-13H2,1-4H3. The number of hydrogen-bond acceptors (Lipinski definition) is 8. The average Bonchev–Trinajstić information content (AvgIpc) is 3.32. The minimum Gasteiger partial charge on any atom is -0.375 e. The molecular weight excluding hydrogens is 402 g/mol. The maximum absolute atomic E-state index is 12.8. The fourth-order valence-corrected chi connectivity index (χ4v) is 4.08. The van der Waals surface area contributed by atoms with E-state index in [1.54, 1.807) is 14.0 Å². The smallest absolute Gasteiger partial charge is 0.252 e. The van der Waals surface area contributed by atoms with Crippen LogP contribution in [0.2, 0.25) is 0 Å². The van der Waals surface area contributed by atoms with Gasteiger partial charge in [-0.1, -0.05) is 10.3 Å². The molecule has 2 aromatic rings. The number of rotatable bonds is 9. The summed E-state index contributed by atoms with van der Waals surface area (Å²) < 4.78 is 15.3. The van der Waals surface area contributed by atoms with Gasteiger partial charge in [-0.05, 0) is 33.1 Å². The maximum atomic E-state index is 12.8. The van der Waals surface area contributed by atoms with Gasteiger partial charge < -0.3 is 23.6 Å². The number of hydrogen-bond donors (Lipinski definition) is 0. The van der Waals surface area contributed by atoms with E-state index in [0.29, 0.717) is 50.6 Å². The Labute approximate surface area is 181 Å². The average molecular weight is 434 g/mol. The Bertz CT molecular complexity index is 873. The van der Waals surface area contributed by atoms with Crippen molar-refractivity contribution in [3.05, 3.63) is 28.7 Å². The molecule has 0 N–H and O–H groups in total. The number of nitrogens with zero attached hydrogens (tertiary/aromatic N) is 5. The molecule has 0 radical (unpaired) electrons. The lowest BCUT2D eigenvalue weighted by molar-refractivity contribution is -0.138. The lowest BCUT2D eigenvalue weighted by atomic mass is 10.0. The number of carbonyl (C=O) groups is 2. The quantitative estimate of drug-likeness (QED) is 0.588. The van der Waals surface area contributed by atoms with E-state index >= 15 is 0 Å². The molecular formula is C21H31N5O5. The molecule has 1 fully saturated rings. The van der Waals surface area contributed by atoms with E-state index in [1.807, 2.05) is 23.6 Å². The zero-order valence-electron chi connectivity index (χ0n) is 18.7. The number of aromatic nitrogens is 3. The highest BCUT2D eigenvalue weighted by Crippen LogP contribution is 2.20. The molecule has 0 saturated carbocycles. The lowest BCUT2D eigenvalue weighted by Crippen LogP contribution is -2.51. The number of amides is 2. The van der Waals surface area contributed by atoms with Crippen LogP contribution in [0.1, 0.15) is 54.9 Å². The normalized spacial score (nSPS) is 16.5. The molecule has 0 aliphatic carbocycles. The fraction of sp³-hybridized carbons (Fsp3) is 0.667. The first kappa shape index (κ1) is 22.9. The third kappa shape index (κ3) is 5.90. The molecule has 0 bridgehead atoms. The molecule has 2 aromatic heterocycles. The van der Waals surface area contributed by atoms with Crippen molar-refractivity contribution in [3.8, 4) is 0 Å². The summed E-state index contributed by atoms with van der Waals surface area (Å²) in [7, 11) is 1.56. The van der Waals surface area contributed by atoms with Gasteiger partial charge in [-0.25, -0.2) is 0 Å². The van der Waals surface area contributed by atoms with Crippen LogP contribution < -0.4 is 0 Å². The second-order valence-corrected chi connectivity index (χ2v) is 7.94. The van der Waals surface area contributed by atoms with E-state index < -0.39 is 0 Å². The molecule has 3 rings (SSSR count). The van der Waals surface area contributed by atoms with Crippen molar-refractivity contribution in [2.75, 3.05) is 26.7 Å². The highest BCUT2D eigenvalue weighted by atomic mass is 16.5. The molecule has 10 nitrogen and oxygen atoms in total. The van der Waals surface area contributed by atoms with Crippen LogP contribution in [0.5, 0.6) is 0 Å². The zero-order chi connectivity index (χ0) is 22.4. The van der Waals surface area contributed by atoms with Crippen molar-refractivity contribution in [2.45, 2.75) is 65.5 Å². The van der Waals surface area contributed by atoms with Gasteiger partial charge in [0.05, 0.1) is 5.69 Å². The first-order valence-corrected chi connectivity index (χ1v) is 10.7. The highest BCUT2D eigenvalue weighted by molar-refractivity contribution is 5.77. The number of piperidine rings is 1. The summed E-state index contributed by atoms with van der Waals surface area (Å²) in [4.78, 5) is 33.1. The third-order valence-electron chi connectivity index (χ3n) is 5.72. The van der Waals surface area contributed by atoms with Gasteiger partial charge in [-0.3, -0.25) is 9.59 Å². The molecule has 2 amide bonds. The van der Waals surface area contributed by atoms with Crippen LogP contribution in [-0.2, 0) is 33.8 Å². The molecule has 0 aromatic carbocycles. The van der Waals surface area contributed by atoms with Gasteiger partial charge in [-0.2, -0.15) is 4.98 Å². The van der Waals surface area contributed by atoms with Gasteiger partial charge in [0.15, 0.2) is 5.82 Å². The van der Waals surface area contributed by atoms with Crippen molar-refractivity contribution in [1.29, 1.82) is 0 Å². The minimum absolute atomic E-state index is 0.0142. The fourth-order valence-electron chi connectivity index (χ4n) is 4.08. The van der Waals surface area contributed by atoms with Crippen LogP contribution in [0.15, 0.2) is 9.05 Å². The van der Waals surface area contributed by atoms with Crippen LogP contribution in [-0.4, -0.2) is 69.7 Å². The summed E-state index contributed by atoms with van der Waals surface area (Å²) >= 11 is 0. The van der Waals surface area contributed by atoms with E-state index in [2.05, 4.69) is 15.3 Å². The molecule has 31 heavy (non-hydrogen) atoms. The second kappa shape index (κ2) is 10.5. The van der Waals surface area contributed by atoms with Crippen molar-refractivity contribution in [1.82, 2.24) is 25.1 Å². The number of carbonyl (C=O) groups excluding carboxylic acids is 2. The van der Waals surface area contributed by atoms with Crippen molar-refractivity contribution in [3.63, 3.8) is 0 Å². The predicted molar refractivity (Wildman–Crippen MR) is 110 cm³/mol. The molecule has 10 heteroatoms. The number of likely N-dealkylation sites (tertiary alicyclic amines) is 1. The first-order valence-electron chi connectivity index (χ1n) is 10.7. The van der Waals surface area contributed by atoms with Gasteiger partial charge >= 0.3 is 0 Å². The van der Waals surface area contributed by atoms with Gasteiger partial charge in [0, 0.05) is 58.1 Å². The molecule has 0 spiro atoms. The van der Waals surface area contributed by atoms with Crippen molar-refractivity contribution in [2.24, 2.45) is 0 Å². The summed E-state index contributed by atoms with van der Waals surface area (Å²) in [5.41, 5.74) is 1.83. The molecule has 170 valence electrons. The van der Waals surface area contributed by atoms with Crippen molar-refractivity contribution >= 4 is 11.8 Å². The monoisotopic (exact) mass is 433 g/mol. The lowest BCUT2D eigenvalue weighted by Gasteiger charge is -2.39. The van der Waals surface area contributed by atoms with E-state index in [-0.39, 0.29) is 24.5 Å². The second-order valence-electron chi connectivity index (χ2n) is 7.94. The predicted octanol–water partition coefficient (Wildman–Crippen LogP) is 1.84. The van der Waals surface area contributed by atoms with Gasteiger partial charge in [0.1, 0.15) is 12.4 Å². The summed E-state index contributed by atoms with van der Waals surface area (Å²) in [5, 5.41) is 7.89. The molecule has 1 unspecified atom stereocenters. The number of methoxy groups -OCH3 is 1. The summed E-state index contributed by atoms with van der Waals surface area (Å²) in [6.07, 6.45) is 3.24. The molecule has 1 aliphatic heterocycles. The van der Waals surface area contributed by atoms with Crippen molar-refractivity contribution < 1.29 is 23.4 Å². The van der Waals surface area contributed by atoms with Gasteiger partial charge in [-0.15, -0.1) is 0 Å². The Morgan fingerprint density at radius 1 is 1.23 bits per heavy atom. The van der Waals surface area contributed by atoms with E-state index in [9.17, 15) is 9.59 Å². The summed E-state index contributed by atoms with van der Waals surface area (Å²) in [6.45, 7) is 7.31. The van der Waals surface area contributed by atoms with E-state index in [4.69, 9.17) is 13.8 Å². The SMILES string of the molecule is COCc1nc(CCN(C(C)=O)C2CCCN(C(=O)CCc3c(C)noc3C)C2)no1. The maximum Gasteiger partial charge on any atom is 0.252 e. The Hall–Kier alpha value is -2.75. The van der Waals surface area contributed by atoms with E-state index in [1.165, 1.54) is 0 Å². The summed E-state index contributed by atoms with van der Waals surface area (Å²) in [6, 6.07) is -0.0142. The van der Waals surface area contributed by atoms with Crippen LogP contribution >= 0.6 is 0 Å². The molecule has 1 atom stereocenters. The third-order valence-corrected chi connectivity index (χ3v) is 5.72. The minimum atomic E-state index is -0.0179. The van der Waals surface area contributed by atoms with E-state index in [0.717, 1.165) is 29.9 Å². The Morgan fingerprint density at radius 3 is 2.71 bits per heavy atom. The summed E-state index contributed by atoms with van der Waals surface area (Å²) in [5.74, 6) is 1.80. The Balaban J connectivity index is 1.55. The molecule has 1 aliphatic rings. The largest absolute Gasteiger partial charge is 0.375 e. The topological polar surface area (TPSA) is 115 Å².